The molecular formula is C42H26O. The average molecular weight is 551 g/mol. The molecule has 0 spiro atoms. The van der Waals surface area contributed by atoms with Gasteiger partial charge in [0.2, 0.25) is 0 Å². The SMILES string of the molecule is [2H]c1c([2H])c(-c2c3ccccc3c(-c3ccc4oc5cc6ccccc6cc5c4c3)c3ccccc23)c([2H])c([2H])c1-c1ccccc1. The Morgan fingerprint density at radius 1 is 0.349 bits per heavy atom. The molecule has 0 aliphatic heterocycles. The van der Waals surface area contributed by atoms with Crippen LogP contribution >= 0.6 is 0 Å². The van der Waals surface area contributed by atoms with Gasteiger partial charge in [0.25, 0.3) is 0 Å². The summed E-state index contributed by atoms with van der Waals surface area (Å²) in [7, 11) is 0. The molecule has 1 nitrogen and oxygen atoms in total. The van der Waals surface area contributed by atoms with E-state index in [0.717, 1.165) is 65.4 Å². The molecule has 43 heavy (non-hydrogen) atoms. The fraction of sp³-hybridized carbons (Fsp3) is 0. The van der Waals surface area contributed by atoms with Crippen LogP contribution in [-0.4, -0.2) is 0 Å². The van der Waals surface area contributed by atoms with Crippen LogP contribution in [0.5, 0.6) is 0 Å². The van der Waals surface area contributed by atoms with Gasteiger partial charge in [-0.05, 0) is 90.0 Å². The molecule has 0 unspecified atom stereocenters. The van der Waals surface area contributed by atoms with Crippen LogP contribution in [0, 0.1) is 0 Å². The zero-order chi connectivity index (χ0) is 31.8. The fourth-order valence-corrected chi connectivity index (χ4v) is 6.51. The summed E-state index contributed by atoms with van der Waals surface area (Å²) in [5.74, 6) is 0. The van der Waals surface area contributed by atoms with Crippen molar-refractivity contribution >= 4 is 54.3 Å². The molecule has 0 bridgehead atoms. The summed E-state index contributed by atoms with van der Waals surface area (Å²) in [5.41, 5.74) is 5.74. The lowest BCUT2D eigenvalue weighted by atomic mass is 9.85. The van der Waals surface area contributed by atoms with E-state index in [1.807, 2.05) is 78.9 Å². The highest BCUT2D eigenvalue weighted by Crippen LogP contribution is 2.45. The Kier molecular flexibility index (Phi) is 4.45. The van der Waals surface area contributed by atoms with Crippen LogP contribution in [0.25, 0.3) is 87.6 Å². The zero-order valence-electron chi connectivity index (χ0n) is 27.1. The van der Waals surface area contributed by atoms with Crippen molar-refractivity contribution in [2.45, 2.75) is 0 Å². The molecule has 0 aliphatic carbocycles. The predicted molar refractivity (Wildman–Crippen MR) is 183 cm³/mol. The molecule has 8 aromatic carbocycles. The third-order valence-electron chi connectivity index (χ3n) is 8.50. The average Bonchev–Trinajstić information content (AvgIpc) is 3.46. The van der Waals surface area contributed by atoms with Crippen LogP contribution in [0.1, 0.15) is 5.48 Å². The molecule has 0 atom stereocenters. The fourth-order valence-electron chi connectivity index (χ4n) is 6.51. The van der Waals surface area contributed by atoms with Gasteiger partial charge in [0.05, 0.1) is 5.48 Å². The molecule has 0 fully saturated rings. The molecule has 0 radical (unpaired) electrons. The third kappa shape index (κ3) is 3.79. The van der Waals surface area contributed by atoms with Crippen molar-refractivity contribution in [2.75, 3.05) is 0 Å². The van der Waals surface area contributed by atoms with E-state index in [-0.39, 0.29) is 24.2 Å². The van der Waals surface area contributed by atoms with Crippen LogP contribution in [0.2, 0.25) is 0 Å². The van der Waals surface area contributed by atoms with Crippen molar-refractivity contribution in [3.8, 4) is 33.4 Å². The maximum absolute atomic E-state index is 9.23. The maximum Gasteiger partial charge on any atom is 0.136 e. The number of rotatable bonds is 3. The van der Waals surface area contributed by atoms with Gasteiger partial charge in [-0.3, -0.25) is 0 Å². The molecule has 0 aliphatic rings. The Hall–Kier alpha value is -5.66. The molecular weight excluding hydrogens is 520 g/mol. The minimum atomic E-state index is -0.0496. The van der Waals surface area contributed by atoms with Crippen LogP contribution in [-0.2, 0) is 0 Å². The molecule has 1 aromatic heterocycles. The number of hydrogen-bond donors (Lipinski definition) is 0. The van der Waals surface area contributed by atoms with Crippen molar-refractivity contribution in [3.05, 3.63) is 158 Å². The number of furan rings is 1. The molecule has 9 rings (SSSR count). The van der Waals surface area contributed by atoms with Gasteiger partial charge in [-0.25, -0.2) is 0 Å². The Morgan fingerprint density at radius 3 is 1.51 bits per heavy atom. The minimum absolute atomic E-state index is 0.0470. The van der Waals surface area contributed by atoms with Crippen LogP contribution < -0.4 is 0 Å². The summed E-state index contributed by atoms with van der Waals surface area (Å²) in [6, 6.07) is 44.2. The van der Waals surface area contributed by atoms with Gasteiger partial charge in [0, 0.05) is 10.8 Å². The van der Waals surface area contributed by atoms with E-state index in [4.69, 9.17) is 7.16 Å². The van der Waals surface area contributed by atoms with E-state index in [1.54, 1.807) is 0 Å². The van der Waals surface area contributed by atoms with Gasteiger partial charge < -0.3 is 4.42 Å². The van der Waals surface area contributed by atoms with Crippen molar-refractivity contribution in [3.63, 3.8) is 0 Å². The highest BCUT2D eigenvalue weighted by atomic mass is 16.3. The molecule has 1 heteroatoms. The smallest absolute Gasteiger partial charge is 0.136 e. The molecule has 0 saturated heterocycles. The molecule has 1 heterocycles. The lowest BCUT2D eigenvalue weighted by Gasteiger charge is -2.18. The second-order valence-electron chi connectivity index (χ2n) is 11.0. The first-order valence-electron chi connectivity index (χ1n) is 16.4. The Labute approximate surface area is 254 Å². The van der Waals surface area contributed by atoms with Crippen LogP contribution in [0.3, 0.4) is 0 Å². The van der Waals surface area contributed by atoms with E-state index in [9.17, 15) is 2.74 Å². The Balaban J connectivity index is 1.35. The quantitative estimate of drug-likeness (QED) is 0.199. The monoisotopic (exact) mass is 550 g/mol. The first-order chi connectivity index (χ1) is 23.0. The van der Waals surface area contributed by atoms with Gasteiger partial charge >= 0.3 is 0 Å². The molecule has 200 valence electrons. The van der Waals surface area contributed by atoms with E-state index < -0.39 is 0 Å². The van der Waals surface area contributed by atoms with Crippen molar-refractivity contribution in [1.82, 2.24) is 0 Å². The highest BCUT2D eigenvalue weighted by molar-refractivity contribution is 6.22. The lowest BCUT2D eigenvalue weighted by molar-refractivity contribution is 0.669. The van der Waals surface area contributed by atoms with E-state index in [2.05, 4.69) is 54.6 Å². The number of benzene rings is 8. The lowest BCUT2D eigenvalue weighted by Crippen LogP contribution is -1.91. The van der Waals surface area contributed by atoms with Crippen molar-refractivity contribution in [1.29, 1.82) is 0 Å². The van der Waals surface area contributed by atoms with E-state index in [0.29, 0.717) is 22.3 Å². The Morgan fingerprint density at radius 2 is 0.860 bits per heavy atom. The standard InChI is InChI=1S/C42H26O/c1-2-10-27(11-3-1)28-18-20-29(21-19-28)41-33-14-6-8-16-35(33)42(36-17-9-7-15-34(36)41)32-22-23-39-37(25-32)38-24-30-12-4-5-13-31(30)26-40(38)43-39/h1-26H/i18D,19D,20D,21D. The number of hydrogen-bond acceptors (Lipinski definition) is 1. The summed E-state index contributed by atoms with van der Waals surface area (Å²) in [5, 5.41) is 8.09. The molecule has 9 aromatic rings. The summed E-state index contributed by atoms with van der Waals surface area (Å²) < 4.78 is 42.8. The third-order valence-corrected chi connectivity index (χ3v) is 8.50. The van der Waals surface area contributed by atoms with Gasteiger partial charge in [-0.1, -0.05) is 133 Å². The maximum atomic E-state index is 9.23. The van der Waals surface area contributed by atoms with Gasteiger partial charge in [-0.15, -0.1) is 0 Å². The van der Waals surface area contributed by atoms with Crippen LogP contribution in [0.15, 0.2) is 162 Å². The molecule has 0 N–H and O–H groups in total. The topological polar surface area (TPSA) is 13.1 Å². The normalized spacial score (nSPS) is 13.0. The molecule has 0 amide bonds. The van der Waals surface area contributed by atoms with Crippen molar-refractivity contribution < 1.29 is 9.90 Å². The molecule has 0 saturated carbocycles. The Bertz CT molecular complexity index is 2640. The van der Waals surface area contributed by atoms with Crippen LogP contribution in [0.4, 0.5) is 0 Å². The first-order valence-corrected chi connectivity index (χ1v) is 14.4. The summed E-state index contributed by atoms with van der Waals surface area (Å²) in [6.07, 6.45) is 0. The summed E-state index contributed by atoms with van der Waals surface area (Å²) in [4.78, 5) is 0. The van der Waals surface area contributed by atoms with Crippen molar-refractivity contribution in [2.24, 2.45) is 0 Å². The first kappa shape index (κ1) is 20.3. The van der Waals surface area contributed by atoms with Gasteiger partial charge in [0.1, 0.15) is 11.2 Å². The minimum Gasteiger partial charge on any atom is -0.456 e. The second-order valence-corrected chi connectivity index (χ2v) is 11.0. The number of fused-ring (bicyclic) bond motifs is 6. The van der Waals surface area contributed by atoms with Gasteiger partial charge in [-0.2, -0.15) is 0 Å². The van der Waals surface area contributed by atoms with E-state index >= 15 is 0 Å². The second kappa shape index (κ2) is 9.44. The highest BCUT2D eigenvalue weighted by Gasteiger charge is 2.18. The summed E-state index contributed by atoms with van der Waals surface area (Å²) >= 11 is 0. The van der Waals surface area contributed by atoms with Gasteiger partial charge in [0.15, 0.2) is 0 Å². The predicted octanol–water partition coefficient (Wildman–Crippen LogP) is 12.0. The largest absolute Gasteiger partial charge is 0.456 e. The summed E-state index contributed by atoms with van der Waals surface area (Å²) in [6.45, 7) is 0. The van der Waals surface area contributed by atoms with E-state index in [1.165, 1.54) is 0 Å². The zero-order valence-corrected chi connectivity index (χ0v) is 23.1.